The molecule has 2 amide bonds. The Hall–Kier alpha value is -4.45. The van der Waals surface area contributed by atoms with Crippen LogP contribution in [0.5, 0.6) is 11.6 Å². The monoisotopic (exact) mass is 541 g/mol. The lowest BCUT2D eigenvalue weighted by molar-refractivity contribution is 0.0715. The van der Waals surface area contributed by atoms with E-state index in [9.17, 15) is 22.8 Å². The van der Waals surface area contributed by atoms with Crippen molar-refractivity contribution >= 4 is 28.0 Å². The van der Waals surface area contributed by atoms with Crippen LogP contribution in [0, 0.1) is 0 Å². The highest BCUT2D eigenvalue weighted by molar-refractivity contribution is 7.90. The van der Waals surface area contributed by atoms with Gasteiger partial charge in [-0.05, 0) is 62.2 Å². The number of hydrogen-bond donors (Lipinski definition) is 2. The number of carbonyl (C=O) groups is 3. The molecule has 11 nitrogen and oxygen atoms in total. The van der Waals surface area contributed by atoms with Crippen LogP contribution in [0.1, 0.15) is 40.1 Å². The van der Waals surface area contributed by atoms with Gasteiger partial charge < -0.3 is 19.5 Å². The topological polar surface area (TPSA) is 150 Å². The summed E-state index contributed by atoms with van der Waals surface area (Å²) in [6.07, 6.45) is 0.251. The third-order valence-corrected chi connectivity index (χ3v) is 6.31. The minimum atomic E-state index is -4.30. The average Bonchev–Trinajstić information content (AvgIpc) is 2.88. The number of methoxy groups -OCH3 is 1. The molecule has 38 heavy (non-hydrogen) atoms. The van der Waals surface area contributed by atoms with Crippen LogP contribution in [0.4, 0.5) is 4.79 Å². The molecule has 1 aromatic heterocycles. The molecule has 0 bridgehead atoms. The highest BCUT2D eigenvalue weighted by Crippen LogP contribution is 2.15. The van der Waals surface area contributed by atoms with Gasteiger partial charge in [0, 0.05) is 24.4 Å². The second kappa shape index (κ2) is 12.7. The molecule has 1 heterocycles. The van der Waals surface area contributed by atoms with E-state index in [1.807, 2.05) is 29.0 Å². The molecule has 0 aliphatic carbocycles. The van der Waals surface area contributed by atoms with Crippen molar-refractivity contribution in [1.29, 1.82) is 0 Å². The molecule has 2 N–H and O–H groups in total. The highest BCUT2D eigenvalue weighted by Gasteiger charge is 2.21. The number of sulfonamides is 1. The highest BCUT2D eigenvalue weighted by atomic mass is 32.2. The summed E-state index contributed by atoms with van der Waals surface area (Å²) in [6.45, 7) is 3.62. The quantitative estimate of drug-likeness (QED) is 0.369. The predicted molar refractivity (Wildman–Crippen MR) is 137 cm³/mol. The smallest absolute Gasteiger partial charge is 0.497 e. The van der Waals surface area contributed by atoms with Gasteiger partial charge in [-0.15, -0.1) is 0 Å². The lowest BCUT2D eigenvalue weighted by Crippen LogP contribution is -2.31. The van der Waals surface area contributed by atoms with Crippen LogP contribution < -0.4 is 19.5 Å². The van der Waals surface area contributed by atoms with Gasteiger partial charge in [-0.2, -0.15) is 0 Å². The summed E-state index contributed by atoms with van der Waals surface area (Å²) in [6, 6.07) is 15.2. The molecule has 0 unspecified atom stereocenters. The minimum absolute atomic E-state index is 0.0930. The molecule has 12 heteroatoms. The van der Waals surface area contributed by atoms with Crippen molar-refractivity contribution in [2.75, 3.05) is 13.7 Å². The Morgan fingerprint density at radius 3 is 2.39 bits per heavy atom. The van der Waals surface area contributed by atoms with Crippen LogP contribution in [0.25, 0.3) is 0 Å². The number of nitrogens with one attached hydrogen (secondary N) is 2. The zero-order chi connectivity index (χ0) is 27.7. The summed E-state index contributed by atoms with van der Waals surface area (Å²) in [4.78, 5) is 40.2. The van der Waals surface area contributed by atoms with Gasteiger partial charge in [-0.25, -0.2) is 22.9 Å². The van der Waals surface area contributed by atoms with E-state index in [-0.39, 0.29) is 28.0 Å². The second-order valence-corrected chi connectivity index (χ2v) is 9.91. The third-order valence-electron chi connectivity index (χ3n) is 4.99. The molecular formula is C26H27N3O8S. The van der Waals surface area contributed by atoms with Gasteiger partial charge in [0.2, 0.25) is 5.88 Å². The maximum atomic E-state index is 12.8. The fourth-order valence-electron chi connectivity index (χ4n) is 3.17. The molecule has 0 saturated heterocycles. The molecule has 0 atom stereocenters. The average molecular weight is 542 g/mol. The maximum absolute atomic E-state index is 12.8. The molecule has 200 valence electrons. The number of ether oxygens (including phenoxy) is 3. The van der Waals surface area contributed by atoms with Crippen LogP contribution in [-0.2, 0) is 21.2 Å². The maximum Gasteiger partial charge on any atom is 0.515 e. The Morgan fingerprint density at radius 1 is 0.947 bits per heavy atom. The Kier molecular flexibility index (Phi) is 9.39. The summed E-state index contributed by atoms with van der Waals surface area (Å²) < 4.78 is 42.4. The largest absolute Gasteiger partial charge is 0.515 e. The molecule has 3 rings (SSSR count). The van der Waals surface area contributed by atoms with Crippen molar-refractivity contribution in [2.45, 2.75) is 31.3 Å². The summed E-state index contributed by atoms with van der Waals surface area (Å²) >= 11 is 0. The Morgan fingerprint density at radius 2 is 1.71 bits per heavy atom. The van der Waals surface area contributed by atoms with Crippen LogP contribution in [0.15, 0.2) is 71.8 Å². The molecule has 3 aromatic rings. The van der Waals surface area contributed by atoms with Crippen molar-refractivity contribution in [1.82, 2.24) is 15.0 Å². The fraction of sp³-hybridized carbons (Fsp3) is 0.231. The lowest BCUT2D eigenvalue weighted by Gasteiger charge is -2.10. The molecule has 0 aliphatic rings. The van der Waals surface area contributed by atoms with Gasteiger partial charge in [0.25, 0.3) is 21.8 Å². The first kappa shape index (κ1) is 28.1. The van der Waals surface area contributed by atoms with Crippen molar-refractivity contribution < 1.29 is 37.0 Å². The van der Waals surface area contributed by atoms with E-state index < -0.39 is 28.0 Å². The van der Waals surface area contributed by atoms with Gasteiger partial charge in [-0.1, -0.05) is 18.2 Å². The number of rotatable bonds is 10. The molecule has 0 saturated carbocycles. The Balaban J connectivity index is 1.60. The SMILES string of the molecule is COc1cccc(CCNC(=O)c2cccc(S(=O)(=O)NC(=O)c3ccc(OC(=O)OC(C)C)nc3)c2)c1. The van der Waals surface area contributed by atoms with E-state index in [2.05, 4.69) is 10.3 Å². The van der Waals surface area contributed by atoms with Crippen LogP contribution in [0.3, 0.4) is 0 Å². The normalized spacial score (nSPS) is 10.9. The zero-order valence-corrected chi connectivity index (χ0v) is 21.8. The Labute approximate surface area is 220 Å². The standard InChI is InChI=1S/C26H27N3O8S/c1-17(2)36-26(32)37-23-11-10-20(16-28-23)25(31)29-38(33,34)22-9-5-7-19(15-22)24(30)27-13-12-18-6-4-8-21(14-18)35-3/h4-11,14-17H,12-13H2,1-3H3,(H,27,30)(H,29,31). The number of pyridine rings is 1. The number of amides is 2. The first-order valence-corrected chi connectivity index (χ1v) is 13.0. The van der Waals surface area contributed by atoms with Gasteiger partial charge in [0.05, 0.1) is 23.7 Å². The number of aromatic nitrogens is 1. The van der Waals surface area contributed by atoms with Crippen LogP contribution >= 0.6 is 0 Å². The second-order valence-electron chi connectivity index (χ2n) is 8.22. The van der Waals surface area contributed by atoms with E-state index in [1.165, 1.54) is 36.4 Å². The molecule has 0 radical (unpaired) electrons. The van der Waals surface area contributed by atoms with E-state index in [4.69, 9.17) is 14.2 Å². The van der Waals surface area contributed by atoms with Gasteiger partial charge in [0.1, 0.15) is 5.75 Å². The predicted octanol–water partition coefficient (Wildman–Crippen LogP) is 3.11. The summed E-state index contributed by atoms with van der Waals surface area (Å²) in [5.74, 6) is -0.839. The molecular weight excluding hydrogens is 514 g/mol. The van der Waals surface area contributed by atoms with Crippen LogP contribution in [0.2, 0.25) is 0 Å². The number of nitrogens with zero attached hydrogens (tertiary/aromatic N) is 1. The number of carbonyl (C=O) groups excluding carboxylic acids is 3. The summed E-state index contributed by atoms with van der Waals surface area (Å²) in [5, 5.41) is 2.74. The molecule has 0 spiro atoms. The molecule has 0 fully saturated rings. The van der Waals surface area contributed by atoms with Gasteiger partial charge in [-0.3, -0.25) is 9.59 Å². The number of hydrogen-bond acceptors (Lipinski definition) is 9. The first-order valence-electron chi connectivity index (χ1n) is 11.5. The third kappa shape index (κ3) is 8.03. The molecule has 2 aromatic carbocycles. The van der Waals surface area contributed by atoms with Crippen molar-refractivity contribution in [2.24, 2.45) is 0 Å². The van der Waals surface area contributed by atoms with Crippen molar-refractivity contribution in [3.8, 4) is 11.6 Å². The van der Waals surface area contributed by atoms with E-state index in [1.54, 1.807) is 21.0 Å². The minimum Gasteiger partial charge on any atom is -0.497 e. The number of benzene rings is 2. The summed E-state index contributed by atoms with van der Waals surface area (Å²) in [7, 11) is -2.73. The summed E-state index contributed by atoms with van der Waals surface area (Å²) in [5.41, 5.74) is 0.986. The van der Waals surface area contributed by atoms with Crippen molar-refractivity contribution in [3.63, 3.8) is 0 Å². The van der Waals surface area contributed by atoms with Gasteiger partial charge >= 0.3 is 6.16 Å². The van der Waals surface area contributed by atoms with E-state index >= 15 is 0 Å². The zero-order valence-electron chi connectivity index (χ0n) is 21.0. The molecule has 0 aliphatic heterocycles. The van der Waals surface area contributed by atoms with Gasteiger partial charge in [0.15, 0.2) is 0 Å². The van der Waals surface area contributed by atoms with Crippen molar-refractivity contribution in [3.05, 3.63) is 83.6 Å². The first-order chi connectivity index (χ1) is 18.1. The fourth-order valence-corrected chi connectivity index (χ4v) is 4.19. The van der Waals surface area contributed by atoms with Crippen LogP contribution in [-0.4, -0.2) is 51.1 Å². The van der Waals surface area contributed by atoms with E-state index in [0.717, 1.165) is 11.8 Å². The lowest BCUT2D eigenvalue weighted by atomic mass is 10.1. The Bertz CT molecular complexity index is 1410. The van der Waals surface area contributed by atoms with E-state index in [0.29, 0.717) is 18.7 Å².